The van der Waals surface area contributed by atoms with E-state index in [4.69, 9.17) is 0 Å². The van der Waals surface area contributed by atoms with Crippen LogP contribution in [0.4, 0.5) is 30.7 Å². The van der Waals surface area contributed by atoms with Crippen LogP contribution in [-0.2, 0) is 0 Å². The molecule has 7 heteroatoms. The van der Waals surface area contributed by atoms with Crippen molar-refractivity contribution in [2.24, 2.45) is 5.92 Å². The Labute approximate surface area is 180 Å². The molecule has 0 aromatic heterocycles. The summed E-state index contributed by atoms with van der Waals surface area (Å²) >= 11 is 0. The summed E-state index contributed by atoms with van der Waals surface area (Å²) in [5.41, 5.74) is -1.76. The first kappa shape index (κ1) is 22.4. The van der Waals surface area contributed by atoms with Crippen LogP contribution in [0.3, 0.4) is 0 Å². The van der Waals surface area contributed by atoms with Crippen LogP contribution in [0.15, 0.2) is 36.4 Å². The van der Waals surface area contributed by atoms with Gasteiger partial charge in [-0.2, -0.15) is 0 Å². The van der Waals surface area contributed by atoms with Gasteiger partial charge in [0, 0.05) is 16.7 Å². The molecule has 168 valence electrons. The van der Waals surface area contributed by atoms with Crippen molar-refractivity contribution in [3.8, 4) is 22.3 Å². The zero-order valence-electron chi connectivity index (χ0n) is 17.1. The Kier molecular flexibility index (Phi) is 6.01. The topological polar surface area (TPSA) is 0 Å². The van der Waals surface area contributed by atoms with Gasteiger partial charge < -0.3 is 0 Å². The Morgan fingerprint density at radius 2 is 1.03 bits per heavy atom. The van der Waals surface area contributed by atoms with Crippen molar-refractivity contribution < 1.29 is 30.7 Å². The van der Waals surface area contributed by atoms with Crippen LogP contribution in [0.1, 0.15) is 44.1 Å². The van der Waals surface area contributed by atoms with Gasteiger partial charge in [-0.15, -0.1) is 0 Å². The number of hydrogen-bond acceptors (Lipinski definition) is 0. The van der Waals surface area contributed by atoms with E-state index < -0.39 is 63.0 Å². The smallest absolute Gasteiger partial charge is 0.194 e. The summed E-state index contributed by atoms with van der Waals surface area (Å²) < 4.78 is 99.3. The average Bonchev–Trinajstić information content (AvgIpc) is 2.76. The van der Waals surface area contributed by atoms with Crippen LogP contribution in [0.2, 0.25) is 0 Å². The van der Waals surface area contributed by atoms with E-state index >= 15 is 0 Å². The highest BCUT2D eigenvalue weighted by Crippen LogP contribution is 2.40. The second-order valence-corrected chi connectivity index (χ2v) is 8.33. The fourth-order valence-corrected chi connectivity index (χ4v) is 4.35. The molecule has 1 saturated carbocycles. The molecule has 0 saturated heterocycles. The second-order valence-electron chi connectivity index (χ2n) is 8.33. The van der Waals surface area contributed by atoms with Crippen molar-refractivity contribution >= 4 is 0 Å². The monoisotopic (exact) mass is 452 g/mol. The lowest BCUT2D eigenvalue weighted by Crippen LogP contribution is -2.13. The summed E-state index contributed by atoms with van der Waals surface area (Å²) in [5, 5.41) is 0. The van der Waals surface area contributed by atoms with E-state index in [1.54, 1.807) is 0 Å². The summed E-state index contributed by atoms with van der Waals surface area (Å²) in [4.78, 5) is 0. The highest BCUT2D eigenvalue weighted by atomic mass is 19.2. The van der Waals surface area contributed by atoms with Gasteiger partial charge in [0.05, 0.1) is 0 Å². The van der Waals surface area contributed by atoms with Gasteiger partial charge in [-0.1, -0.05) is 44.0 Å². The molecular formula is C25H19F7. The molecule has 0 aliphatic heterocycles. The SMILES string of the molecule is CC1CCC(c2ccc(-c3ccc(-c4cc(F)c(F)c(F)c4)c(F)c3F)c(F)c2F)CC1. The summed E-state index contributed by atoms with van der Waals surface area (Å²) in [6.45, 7) is 2.10. The largest absolute Gasteiger partial charge is 0.204 e. The lowest BCUT2D eigenvalue weighted by Gasteiger charge is -2.27. The van der Waals surface area contributed by atoms with E-state index in [1.807, 2.05) is 0 Å². The molecule has 4 rings (SSSR count). The second kappa shape index (κ2) is 8.60. The van der Waals surface area contributed by atoms with Crippen molar-refractivity contribution in [3.05, 3.63) is 82.7 Å². The van der Waals surface area contributed by atoms with Crippen molar-refractivity contribution in [1.29, 1.82) is 0 Å². The maximum absolute atomic E-state index is 14.9. The zero-order valence-corrected chi connectivity index (χ0v) is 17.1. The Morgan fingerprint density at radius 3 is 1.62 bits per heavy atom. The third-order valence-corrected chi connectivity index (χ3v) is 6.24. The minimum absolute atomic E-state index is 0.137. The van der Waals surface area contributed by atoms with E-state index in [-0.39, 0.29) is 11.5 Å². The summed E-state index contributed by atoms with van der Waals surface area (Å²) in [6.07, 6.45) is 3.25. The average molecular weight is 452 g/mol. The van der Waals surface area contributed by atoms with E-state index in [0.717, 1.165) is 37.8 Å². The highest BCUT2D eigenvalue weighted by molar-refractivity contribution is 5.72. The van der Waals surface area contributed by atoms with Gasteiger partial charge >= 0.3 is 0 Å². The molecule has 1 aliphatic carbocycles. The fourth-order valence-electron chi connectivity index (χ4n) is 4.35. The predicted octanol–water partition coefficient (Wildman–Crippen LogP) is 8.29. The van der Waals surface area contributed by atoms with E-state index in [0.29, 0.717) is 18.1 Å². The third-order valence-electron chi connectivity index (χ3n) is 6.24. The molecule has 0 atom stereocenters. The lowest BCUT2D eigenvalue weighted by molar-refractivity contribution is 0.339. The van der Waals surface area contributed by atoms with Crippen LogP contribution < -0.4 is 0 Å². The number of halogens is 7. The lowest BCUT2D eigenvalue weighted by atomic mass is 9.79. The first-order valence-electron chi connectivity index (χ1n) is 10.3. The molecule has 3 aromatic rings. The first-order valence-corrected chi connectivity index (χ1v) is 10.3. The van der Waals surface area contributed by atoms with Crippen LogP contribution in [0.25, 0.3) is 22.3 Å². The minimum Gasteiger partial charge on any atom is -0.204 e. The maximum Gasteiger partial charge on any atom is 0.194 e. The number of benzene rings is 3. The number of hydrogen-bond donors (Lipinski definition) is 0. The van der Waals surface area contributed by atoms with E-state index in [2.05, 4.69) is 6.92 Å². The Morgan fingerprint density at radius 1 is 0.562 bits per heavy atom. The molecular weight excluding hydrogens is 433 g/mol. The maximum atomic E-state index is 14.9. The Bertz CT molecular complexity index is 1150. The van der Waals surface area contributed by atoms with Gasteiger partial charge in [0.15, 0.2) is 40.7 Å². The van der Waals surface area contributed by atoms with Gasteiger partial charge in [-0.05, 0) is 47.9 Å². The zero-order chi connectivity index (χ0) is 23.2. The molecule has 1 aliphatic rings. The quantitative estimate of drug-likeness (QED) is 0.277. The van der Waals surface area contributed by atoms with Gasteiger partial charge in [-0.25, -0.2) is 30.7 Å². The van der Waals surface area contributed by atoms with Gasteiger partial charge in [-0.3, -0.25) is 0 Å². The molecule has 0 unspecified atom stereocenters. The highest BCUT2D eigenvalue weighted by Gasteiger charge is 2.27. The molecule has 0 radical (unpaired) electrons. The third kappa shape index (κ3) is 3.89. The van der Waals surface area contributed by atoms with Crippen molar-refractivity contribution in [2.45, 2.75) is 38.5 Å². The van der Waals surface area contributed by atoms with Crippen molar-refractivity contribution in [3.63, 3.8) is 0 Å². The normalized spacial score (nSPS) is 18.8. The van der Waals surface area contributed by atoms with Crippen LogP contribution in [-0.4, -0.2) is 0 Å². The molecule has 0 N–H and O–H groups in total. The fraction of sp³-hybridized carbons (Fsp3) is 0.280. The first-order chi connectivity index (χ1) is 15.2. The molecule has 1 fully saturated rings. The van der Waals surface area contributed by atoms with Crippen molar-refractivity contribution in [1.82, 2.24) is 0 Å². The Balaban J connectivity index is 1.73. The summed E-state index contributed by atoms with van der Waals surface area (Å²) in [6, 6.07) is 5.62. The minimum atomic E-state index is -1.74. The van der Waals surface area contributed by atoms with Gasteiger partial charge in [0.2, 0.25) is 0 Å². The predicted molar refractivity (Wildman–Crippen MR) is 107 cm³/mol. The van der Waals surface area contributed by atoms with Crippen molar-refractivity contribution in [2.75, 3.05) is 0 Å². The van der Waals surface area contributed by atoms with Crippen LogP contribution in [0.5, 0.6) is 0 Å². The molecule has 32 heavy (non-hydrogen) atoms. The molecule has 3 aromatic carbocycles. The number of rotatable bonds is 3. The summed E-state index contributed by atoms with van der Waals surface area (Å²) in [5.74, 6) is -9.88. The van der Waals surface area contributed by atoms with Gasteiger partial charge in [0.1, 0.15) is 0 Å². The molecule has 0 spiro atoms. The van der Waals surface area contributed by atoms with Crippen LogP contribution in [0, 0.1) is 46.6 Å². The van der Waals surface area contributed by atoms with Gasteiger partial charge in [0.25, 0.3) is 0 Å². The van der Waals surface area contributed by atoms with E-state index in [1.165, 1.54) is 12.1 Å². The Hall–Kier alpha value is -2.83. The van der Waals surface area contributed by atoms with Crippen LogP contribution >= 0.6 is 0 Å². The molecule has 0 amide bonds. The molecule has 0 bridgehead atoms. The molecule has 0 heterocycles. The summed E-state index contributed by atoms with van der Waals surface area (Å²) in [7, 11) is 0. The van der Waals surface area contributed by atoms with E-state index in [9.17, 15) is 30.7 Å². The molecule has 0 nitrogen and oxygen atoms in total. The standard InChI is InChI=1S/C25H19F7/c1-12-2-4-13(5-3-12)15-6-8-17(23(30)21(15)28)18-9-7-16(22(29)24(18)31)14-10-19(26)25(32)20(27)11-14/h6-13H,2-5H2,1H3.